The Labute approximate surface area is 120 Å². The minimum Gasteiger partial charge on any atom is -0.506 e. The summed E-state index contributed by atoms with van der Waals surface area (Å²) in [4.78, 5) is 12.1. The van der Waals surface area contributed by atoms with E-state index in [4.69, 9.17) is 22.1 Å². The molecule has 6 heteroatoms. The van der Waals surface area contributed by atoms with Crippen LogP contribution in [0, 0.1) is 0 Å². The van der Waals surface area contributed by atoms with E-state index in [2.05, 4.69) is 5.32 Å². The summed E-state index contributed by atoms with van der Waals surface area (Å²) in [6.45, 7) is 0. The molecule has 0 heterocycles. The van der Waals surface area contributed by atoms with Gasteiger partial charge in [-0.25, -0.2) is 0 Å². The molecule has 0 aliphatic carbocycles. The van der Waals surface area contributed by atoms with E-state index in [1.807, 2.05) is 0 Å². The van der Waals surface area contributed by atoms with Crippen molar-refractivity contribution >= 4 is 28.9 Å². The molecule has 0 radical (unpaired) electrons. The van der Waals surface area contributed by atoms with Gasteiger partial charge in [0.1, 0.15) is 11.5 Å². The van der Waals surface area contributed by atoms with E-state index in [1.165, 1.54) is 25.3 Å². The Hall–Kier alpha value is -2.40. The first kappa shape index (κ1) is 14.0. The van der Waals surface area contributed by atoms with Crippen molar-refractivity contribution in [3.8, 4) is 11.5 Å². The van der Waals surface area contributed by atoms with Gasteiger partial charge in [-0.1, -0.05) is 11.6 Å². The van der Waals surface area contributed by atoms with Crippen LogP contribution >= 0.6 is 11.6 Å². The lowest BCUT2D eigenvalue weighted by molar-refractivity contribution is 0.102. The van der Waals surface area contributed by atoms with E-state index in [0.717, 1.165) is 0 Å². The molecular weight excluding hydrogens is 280 g/mol. The topological polar surface area (TPSA) is 84.6 Å². The van der Waals surface area contributed by atoms with E-state index in [0.29, 0.717) is 22.0 Å². The van der Waals surface area contributed by atoms with Crippen molar-refractivity contribution in [2.45, 2.75) is 0 Å². The molecule has 2 rings (SSSR count). The number of ether oxygens (including phenoxy) is 1. The second kappa shape index (κ2) is 5.71. The van der Waals surface area contributed by atoms with Gasteiger partial charge in [0.2, 0.25) is 0 Å². The summed E-state index contributed by atoms with van der Waals surface area (Å²) >= 11 is 5.84. The molecule has 2 aromatic carbocycles. The van der Waals surface area contributed by atoms with Crippen molar-refractivity contribution in [3.05, 3.63) is 47.0 Å². The second-order valence-corrected chi connectivity index (χ2v) is 4.55. The molecule has 5 nitrogen and oxygen atoms in total. The minimum atomic E-state index is -0.417. The van der Waals surface area contributed by atoms with Gasteiger partial charge in [0, 0.05) is 22.3 Å². The molecule has 0 aliphatic rings. The molecular formula is C14H13ClN2O3. The first-order valence-electron chi connectivity index (χ1n) is 5.74. The Balaban J connectivity index is 2.23. The van der Waals surface area contributed by atoms with Crippen molar-refractivity contribution in [3.63, 3.8) is 0 Å². The molecule has 104 valence electrons. The number of benzene rings is 2. The van der Waals surface area contributed by atoms with Crippen LogP contribution in [0.4, 0.5) is 11.4 Å². The van der Waals surface area contributed by atoms with Gasteiger partial charge in [-0.15, -0.1) is 0 Å². The zero-order valence-corrected chi connectivity index (χ0v) is 11.4. The number of phenolic OH excluding ortho intramolecular Hbond substituents is 1. The van der Waals surface area contributed by atoms with Gasteiger partial charge in [0.15, 0.2) is 0 Å². The van der Waals surface area contributed by atoms with Crippen LogP contribution in [0.2, 0.25) is 5.02 Å². The molecule has 0 atom stereocenters. The average molecular weight is 293 g/mol. The molecule has 0 saturated heterocycles. The molecule has 0 fully saturated rings. The smallest absolute Gasteiger partial charge is 0.255 e. The number of hydrogen-bond acceptors (Lipinski definition) is 4. The molecule has 0 aromatic heterocycles. The SMILES string of the molecule is COc1ccc(NC(=O)c2cc(N)cc(Cl)c2)c(O)c1. The fourth-order valence-electron chi connectivity index (χ4n) is 1.68. The van der Waals surface area contributed by atoms with Gasteiger partial charge in [-0.2, -0.15) is 0 Å². The maximum absolute atomic E-state index is 12.1. The van der Waals surface area contributed by atoms with E-state index in [-0.39, 0.29) is 11.4 Å². The van der Waals surface area contributed by atoms with Gasteiger partial charge < -0.3 is 20.9 Å². The predicted molar refractivity (Wildman–Crippen MR) is 78.5 cm³/mol. The highest BCUT2D eigenvalue weighted by Gasteiger charge is 2.11. The zero-order chi connectivity index (χ0) is 14.7. The number of carbonyl (C=O) groups excluding carboxylic acids is 1. The van der Waals surface area contributed by atoms with E-state index < -0.39 is 5.91 Å². The molecule has 0 unspecified atom stereocenters. The van der Waals surface area contributed by atoms with Crippen LogP contribution in [0.5, 0.6) is 11.5 Å². The number of halogens is 1. The number of hydrogen-bond donors (Lipinski definition) is 3. The molecule has 0 bridgehead atoms. The first-order valence-corrected chi connectivity index (χ1v) is 6.12. The van der Waals surface area contributed by atoms with E-state index in [1.54, 1.807) is 18.2 Å². The number of nitrogen functional groups attached to an aromatic ring is 1. The fourth-order valence-corrected chi connectivity index (χ4v) is 1.93. The Morgan fingerprint density at radius 1 is 1.30 bits per heavy atom. The Morgan fingerprint density at radius 2 is 2.05 bits per heavy atom. The lowest BCUT2D eigenvalue weighted by Crippen LogP contribution is -2.12. The normalized spacial score (nSPS) is 10.1. The number of methoxy groups -OCH3 is 1. The Bertz CT molecular complexity index is 639. The van der Waals surface area contributed by atoms with Crippen molar-refractivity contribution in [2.75, 3.05) is 18.2 Å². The summed E-state index contributed by atoms with van der Waals surface area (Å²) in [5.41, 5.74) is 6.60. The van der Waals surface area contributed by atoms with Crippen LogP contribution in [-0.2, 0) is 0 Å². The minimum absolute atomic E-state index is 0.0901. The molecule has 2 aromatic rings. The first-order chi connectivity index (χ1) is 9.49. The number of anilines is 2. The lowest BCUT2D eigenvalue weighted by Gasteiger charge is -2.09. The summed E-state index contributed by atoms with van der Waals surface area (Å²) in [6.07, 6.45) is 0. The standard InChI is InChI=1S/C14H13ClN2O3/c1-20-11-2-3-12(13(18)7-11)17-14(19)8-4-9(15)6-10(16)5-8/h2-7,18H,16H2,1H3,(H,17,19). The summed E-state index contributed by atoms with van der Waals surface area (Å²) in [5.74, 6) is -0.0140. The number of rotatable bonds is 3. The van der Waals surface area contributed by atoms with Crippen molar-refractivity contribution in [1.29, 1.82) is 0 Å². The summed E-state index contributed by atoms with van der Waals surface area (Å²) in [6, 6.07) is 9.11. The third-order valence-corrected chi connectivity index (χ3v) is 2.85. The Morgan fingerprint density at radius 3 is 2.65 bits per heavy atom. The summed E-state index contributed by atoms with van der Waals surface area (Å²) in [7, 11) is 1.49. The number of amides is 1. The molecule has 1 amide bonds. The van der Waals surface area contributed by atoms with Gasteiger partial charge in [-0.3, -0.25) is 4.79 Å². The van der Waals surface area contributed by atoms with Crippen LogP contribution in [0.1, 0.15) is 10.4 Å². The predicted octanol–water partition coefficient (Wildman–Crippen LogP) is 2.89. The number of carbonyl (C=O) groups is 1. The van der Waals surface area contributed by atoms with Crippen LogP contribution in [-0.4, -0.2) is 18.1 Å². The highest BCUT2D eigenvalue weighted by atomic mass is 35.5. The van der Waals surface area contributed by atoms with E-state index >= 15 is 0 Å². The highest BCUT2D eigenvalue weighted by Crippen LogP contribution is 2.28. The highest BCUT2D eigenvalue weighted by molar-refractivity contribution is 6.31. The van der Waals surface area contributed by atoms with Gasteiger partial charge in [-0.05, 0) is 30.3 Å². The maximum atomic E-state index is 12.1. The quantitative estimate of drug-likeness (QED) is 0.600. The van der Waals surface area contributed by atoms with Gasteiger partial charge >= 0.3 is 0 Å². The fraction of sp³-hybridized carbons (Fsp3) is 0.0714. The number of phenols is 1. The zero-order valence-electron chi connectivity index (χ0n) is 10.7. The molecule has 0 spiro atoms. The van der Waals surface area contributed by atoms with Crippen LogP contribution in [0.25, 0.3) is 0 Å². The second-order valence-electron chi connectivity index (χ2n) is 4.11. The Kier molecular flexibility index (Phi) is 4.00. The van der Waals surface area contributed by atoms with Gasteiger partial charge in [0.05, 0.1) is 12.8 Å². The number of aromatic hydroxyl groups is 1. The van der Waals surface area contributed by atoms with Crippen LogP contribution in [0.3, 0.4) is 0 Å². The molecule has 0 aliphatic heterocycles. The van der Waals surface area contributed by atoms with Crippen molar-refractivity contribution < 1.29 is 14.6 Å². The maximum Gasteiger partial charge on any atom is 0.255 e. The summed E-state index contributed by atoms with van der Waals surface area (Å²) < 4.78 is 4.96. The number of nitrogens with two attached hydrogens (primary N) is 1. The molecule has 4 N–H and O–H groups in total. The van der Waals surface area contributed by atoms with Crippen molar-refractivity contribution in [1.82, 2.24) is 0 Å². The summed E-state index contributed by atoms with van der Waals surface area (Å²) in [5, 5.41) is 12.7. The largest absolute Gasteiger partial charge is 0.506 e. The average Bonchev–Trinajstić information content (AvgIpc) is 2.39. The monoisotopic (exact) mass is 292 g/mol. The molecule has 20 heavy (non-hydrogen) atoms. The van der Waals surface area contributed by atoms with Crippen molar-refractivity contribution in [2.24, 2.45) is 0 Å². The van der Waals surface area contributed by atoms with Crippen LogP contribution < -0.4 is 15.8 Å². The third kappa shape index (κ3) is 3.13. The lowest BCUT2D eigenvalue weighted by atomic mass is 10.2. The van der Waals surface area contributed by atoms with Gasteiger partial charge in [0.25, 0.3) is 5.91 Å². The van der Waals surface area contributed by atoms with Crippen LogP contribution in [0.15, 0.2) is 36.4 Å². The third-order valence-electron chi connectivity index (χ3n) is 2.64. The molecule has 0 saturated carbocycles. The van der Waals surface area contributed by atoms with E-state index in [9.17, 15) is 9.90 Å². The number of nitrogens with one attached hydrogen (secondary N) is 1.